The molecule has 1 fully saturated rings. The second kappa shape index (κ2) is 9.02. The van der Waals surface area contributed by atoms with Gasteiger partial charge >= 0.3 is 0 Å². The molecular formula is C18H29NO. The summed E-state index contributed by atoms with van der Waals surface area (Å²) in [7, 11) is 0. The number of hydrogen-bond acceptors (Lipinski definition) is 2. The van der Waals surface area contributed by atoms with Crippen molar-refractivity contribution < 1.29 is 4.74 Å². The van der Waals surface area contributed by atoms with Gasteiger partial charge in [0.1, 0.15) is 5.75 Å². The molecule has 1 aromatic carbocycles. The van der Waals surface area contributed by atoms with Crippen LogP contribution < -0.4 is 4.74 Å². The molecule has 0 aromatic heterocycles. The SMILES string of the molecule is CCCCCCCN1CCCCC1Oc1ccccc1. The number of benzene rings is 1. The van der Waals surface area contributed by atoms with Crippen LogP contribution in [0.4, 0.5) is 0 Å². The van der Waals surface area contributed by atoms with Crippen LogP contribution in [0.1, 0.15) is 58.3 Å². The van der Waals surface area contributed by atoms with Crippen molar-refractivity contribution in [3.8, 4) is 5.75 Å². The van der Waals surface area contributed by atoms with Crippen LogP contribution in [0, 0.1) is 0 Å². The predicted molar refractivity (Wildman–Crippen MR) is 85.0 cm³/mol. The second-order valence-corrected chi connectivity index (χ2v) is 5.83. The number of ether oxygens (including phenoxy) is 1. The van der Waals surface area contributed by atoms with Crippen molar-refractivity contribution in [3.63, 3.8) is 0 Å². The molecule has 0 radical (unpaired) electrons. The van der Waals surface area contributed by atoms with Gasteiger partial charge in [-0.05, 0) is 37.8 Å². The Morgan fingerprint density at radius 1 is 1.05 bits per heavy atom. The Morgan fingerprint density at radius 3 is 2.65 bits per heavy atom. The molecule has 0 N–H and O–H groups in total. The molecule has 0 amide bonds. The van der Waals surface area contributed by atoms with Gasteiger partial charge in [-0.15, -0.1) is 0 Å². The Hall–Kier alpha value is -1.02. The molecular weight excluding hydrogens is 246 g/mol. The fraction of sp³-hybridized carbons (Fsp3) is 0.667. The van der Waals surface area contributed by atoms with E-state index in [1.807, 2.05) is 18.2 Å². The average molecular weight is 275 g/mol. The fourth-order valence-corrected chi connectivity index (χ4v) is 2.92. The van der Waals surface area contributed by atoms with Gasteiger partial charge in [0.05, 0.1) is 0 Å². The summed E-state index contributed by atoms with van der Waals surface area (Å²) >= 11 is 0. The Balaban J connectivity index is 1.76. The average Bonchev–Trinajstić information content (AvgIpc) is 2.50. The van der Waals surface area contributed by atoms with Crippen LogP contribution in [0.15, 0.2) is 30.3 Å². The molecule has 1 atom stereocenters. The first-order valence-corrected chi connectivity index (χ1v) is 8.36. The van der Waals surface area contributed by atoms with Gasteiger partial charge in [0, 0.05) is 13.1 Å². The summed E-state index contributed by atoms with van der Waals surface area (Å²) in [6.07, 6.45) is 10.8. The number of hydrogen-bond donors (Lipinski definition) is 0. The van der Waals surface area contributed by atoms with Gasteiger partial charge < -0.3 is 4.74 Å². The molecule has 2 heteroatoms. The molecule has 1 unspecified atom stereocenters. The van der Waals surface area contributed by atoms with Crippen molar-refractivity contribution in [2.75, 3.05) is 13.1 Å². The highest BCUT2D eigenvalue weighted by molar-refractivity contribution is 5.21. The van der Waals surface area contributed by atoms with E-state index in [1.165, 1.54) is 64.5 Å². The Morgan fingerprint density at radius 2 is 1.85 bits per heavy atom. The number of para-hydroxylation sites is 1. The summed E-state index contributed by atoms with van der Waals surface area (Å²) in [5, 5.41) is 0. The van der Waals surface area contributed by atoms with Crippen molar-refractivity contribution in [2.45, 2.75) is 64.5 Å². The lowest BCUT2D eigenvalue weighted by atomic mass is 10.1. The van der Waals surface area contributed by atoms with E-state index >= 15 is 0 Å². The van der Waals surface area contributed by atoms with Crippen LogP contribution in [0.25, 0.3) is 0 Å². The molecule has 1 aliphatic rings. The molecule has 1 aromatic rings. The summed E-state index contributed by atoms with van der Waals surface area (Å²) in [6.45, 7) is 4.67. The monoisotopic (exact) mass is 275 g/mol. The van der Waals surface area contributed by atoms with Crippen LogP contribution in [-0.4, -0.2) is 24.2 Å². The topological polar surface area (TPSA) is 12.5 Å². The lowest BCUT2D eigenvalue weighted by Gasteiger charge is -2.35. The van der Waals surface area contributed by atoms with E-state index in [2.05, 4.69) is 24.0 Å². The molecule has 20 heavy (non-hydrogen) atoms. The van der Waals surface area contributed by atoms with E-state index in [4.69, 9.17) is 4.74 Å². The Kier molecular flexibility index (Phi) is 6.93. The molecule has 2 nitrogen and oxygen atoms in total. The van der Waals surface area contributed by atoms with E-state index in [0.29, 0.717) is 0 Å². The van der Waals surface area contributed by atoms with Crippen LogP contribution in [-0.2, 0) is 0 Å². The van der Waals surface area contributed by atoms with Crippen molar-refractivity contribution in [1.82, 2.24) is 4.90 Å². The lowest BCUT2D eigenvalue weighted by molar-refractivity contribution is -0.00473. The third kappa shape index (κ3) is 5.16. The minimum atomic E-state index is 0.289. The highest BCUT2D eigenvalue weighted by Crippen LogP contribution is 2.22. The molecule has 2 rings (SSSR count). The molecule has 112 valence electrons. The van der Waals surface area contributed by atoms with Gasteiger partial charge in [0.2, 0.25) is 0 Å². The first kappa shape index (κ1) is 15.4. The van der Waals surface area contributed by atoms with Gasteiger partial charge in [0.25, 0.3) is 0 Å². The minimum Gasteiger partial charge on any atom is -0.475 e. The summed E-state index contributed by atoms with van der Waals surface area (Å²) in [6, 6.07) is 10.3. The normalized spacial score (nSPS) is 19.9. The maximum Gasteiger partial charge on any atom is 0.152 e. The van der Waals surface area contributed by atoms with Gasteiger partial charge in [-0.3, -0.25) is 4.90 Å². The molecule has 1 heterocycles. The maximum absolute atomic E-state index is 6.17. The van der Waals surface area contributed by atoms with Crippen LogP contribution in [0.3, 0.4) is 0 Å². The largest absolute Gasteiger partial charge is 0.475 e. The van der Waals surface area contributed by atoms with E-state index in [-0.39, 0.29) is 6.23 Å². The molecule has 0 spiro atoms. The number of likely N-dealkylation sites (tertiary alicyclic amines) is 1. The molecule has 0 aliphatic carbocycles. The quantitative estimate of drug-likeness (QED) is 0.629. The standard InChI is InChI=1S/C18H29NO/c1-2-3-4-5-10-15-19-16-11-9-14-18(19)20-17-12-7-6-8-13-17/h6-8,12-13,18H,2-5,9-11,14-16H2,1H3. The zero-order valence-electron chi connectivity index (χ0n) is 12.9. The van der Waals surface area contributed by atoms with Crippen LogP contribution in [0.2, 0.25) is 0 Å². The van der Waals surface area contributed by atoms with E-state index < -0.39 is 0 Å². The number of nitrogens with zero attached hydrogens (tertiary/aromatic N) is 1. The van der Waals surface area contributed by atoms with E-state index in [1.54, 1.807) is 0 Å². The van der Waals surface area contributed by atoms with E-state index in [9.17, 15) is 0 Å². The molecule has 0 bridgehead atoms. The number of unbranched alkanes of at least 4 members (excludes halogenated alkanes) is 4. The zero-order valence-corrected chi connectivity index (χ0v) is 12.9. The predicted octanol–water partition coefficient (Wildman–Crippen LogP) is 4.85. The second-order valence-electron chi connectivity index (χ2n) is 5.83. The number of piperidine rings is 1. The molecule has 1 aliphatic heterocycles. The fourth-order valence-electron chi connectivity index (χ4n) is 2.92. The smallest absolute Gasteiger partial charge is 0.152 e. The van der Waals surface area contributed by atoms with Crippen molar-refractivity contribution >= 4 is 0 Å². The Bertz CT molecular complexity index is 352. The first-order valence-electron chi connectivity index (χ1n) is 8.36. The molecule has 1 saturated heterocycles. The third-order valence-corrected chi connectivity index (χ3v) is 4.12. The van der Waals surface area contributed by atoms with Crippen molar-refractivity contribution in [2.24, 2.45) is 0 Å². The minimum absolute atomic E-state index is 0.289. The van der Waals surface area contributed by atoms with E-state index in [0.717, 1.165) is 5.75 Å². The lowest BCUT2D eigenvalue weighted by Crippen LogP contribution is -2.43. The van der Waals surface area contributed by atoms with Gasteiger partial charge in [-0.25, -0.2) is 0 Å². The highest BCUT2D eigenvalue weighted by Gasteiger charge is 2.23. The maximum atomic E-state index is 6.17. The highest BCUT2D eigenvalue weighted by atomic mass is 16.5. The summed E-state index contributed by atoms with van der Waals surface area (Å²) in [5.41, 5.74) is 0. The van der Waals surface area contributed by atoms with Gasteiger partial charge in [-0.2, -0.15) is 0 Å². The van der Waals surface area contributed by atoms with Crippen molar-refractivity contribution in [3.05, 3.63) is 30.3 Å². The summed E-state index contributed by atoms with van der Waals surface area (Å²) in [4.78, 5) is 2.54. The van der Waals surface area contributed by atoms with Gasteiger partial charge in [0.15, 0.2) is 6.23 Å². The zero-order chi connectivity index (χ0) is 14.0. The summed E-state index contributed by atoms with van der Waals surface area (Å²) < 4.78 is 6.17. The molecule has 0 saturated carbocycles. The first-order chi connectivity index (χ1) is 9.90. The number of rotatable bonds is 8. The van der Waals surface area contributed by atoms with Crippen LogP contribution >= 0.6 is 0 Å². The van der Waals surface area contributed by atoms with Crippen LogP contribution in [0.5, 0.6) is 5.75 Å². The Labute approximate surface area is 124 Å². The third-order valence-electron chi connectivity index (χ3n) is 4.12. The summed E-state index contributed by atoms with van der Waals surface area (Å²) in [5.74, 6) is 1.01. The van der Waals surface area contributed by atoms with Crippen molar-refractivity contribution in [1.29, 1.82) is 0 Å². The van der Waals surface area contributed by atoms with Gasteiger partial charge in [-0.1, -0.05) is 50.8 Å².